The molecule has 2 aromatic heterocycles. The SMILES string of the molecule is COc1ccc([C@H](OC(C)C)C(=O)Nc2cccc(-c3nc(NC(P(=O)(O)O)P(=O)(O)O)c4ccsc4n3)c2)cc1F. The average Bonchev–Trinajstić information content (AvgIpc) is 3.38. The molecule has 1 atom stereocenters. The molecule has 0 saturated heterocycles. The normalized spacial score (nSPS) is 13.0. The Kier molecular flexibility index (Phi) is 9.46. The molecule has 1 amide bonds. The van der Waals surface area contributed by atoms with Gasteiger partial charge in [0.15, 0.2) is 23.5 Å². The maximum absolute atomic E-state index is 14.4. The van der Waals surface area contributed by atoms with Gasteiger partial charge in [0.1, 0.15) is 10.6 Å². The number of nitrogens with one attached hydrogen (secondary N) is 2. The third kappa shape index (κ3) is 7.38. The number of hydrogen-bond donors (Lipinski definition) is 6. The predicted molar refractivity (Wildman–Crippen MR) is 155 cm³/mol. The monoisotopic (exact) mass is 640 g/mol. The second-order valence-electron chi connectivity index (χ2n) is 9.26. The average molecular weight is 641 g/mol. The first-order chi connectivity index (χ1) is 19.7. The van der Waals surface area contributed by atoms with Gasteiger partial charge in [-0.25, -0.2) is 14.4 Å². The number of ether oxygens (including phenoxy) is 2. The van der Waals surface area contributed by atoms with Gasteiger partial charge in [0, 0.05) is 11.3 Å². The van der Waals surface area contributed by atoms with Crippen LogP contribution in [0, 0.1) is 5.82 Å². The van der Waals surface area contributed by atoms with Crippen LogP contribution >= 0.6 is 26.5 Å². The fourth-order valence-electron chi connectivity index (χ4n) is 3.93. The summed E-state index contributed by atoms with van der Waals surface area (Å²) in [7, 11) is -9.29. The molecule has 0 aliphatic carbocycles. The molecule has 2 heterocycles. The highest BCUT2D eigenvalue weighted by molar-refractivity contribution is 7.71. The van der Waals surface area contributed by atoms with E-state index in [1.165, 1.54) is 42.7 Å². The minimum atomic E-state index is -5.31. The van der Waals surface area contributed by atoms with E-state index in [4.69, 9.17) is 9.47 Å². The summed E-state index contributed by atoms with van der Waals surface area (Å²) in [4.78, 5) is 60.7. The van der Waals surface area contributed by atoms with Gasteiger partial charge in [0.2, 0.25) is 5.52 Å². The molecule has 0 bridgehead atoms. The number of aromatic nitrogens is 2. The van der Waals surface area contributed by atoms with Gasteiger partial charge >= 0.3 is 15.2 Å². The van der Waals surface area contributed by atoms with E-state index in [-0.39, 0.29) is 29.1 Å². The molecule has 0 aliphatic heterocycles. The van der Waals surface area contributed by atoms with Crippen LogP contribution in [0.5, 0.6) is 5.75 Å². The zero-order valence-corrected chi connectivity index (χ0v) is 24.9. The summed E-state index contributed by atoms with van der Waals surface area (Å²) in [5.74, 6) is -1.39. The van der Waals surface area contributed by atoms with Crippen molar-refractivity contribution >= 4 is 54.2 Å². The fraction of sp³-hybridized carbons (Fsp3) is 0.240. The van der Waals surface area contributed by atoms with Gasteiger partial charge in [-0.2, -0.15) is 0 Å². The Morgan fingerprint density at radius 1 is 1.02 bits per heavy atom. The van der Waals surface area contributed by atoms with Crippen molar-refractivity contribution in [3.63, 3.8) is 0 Å². The molecule has 0 unspecified atom stereocenters. The second kappa shape index (κ2) is 12.5. The summed E-state index contributed by atoms with van der Waals surface area (Å²) in [6.07, 6.45) is -1.54. The molecule has 6 N–H and O–H groups in total. The van der Waals surface area contributed by atoms with E-state index in [0.29, 0.717) is 21.5 Å². The molecule has 4 aromatic rings. The molecular weight excluding hydrogens is 613 g/mol. The van der Waals surface area contributed by atoms with Crippen LogP contribution in [0.4, 0.5) is 15.9 Å². The number of carbonyl (C=O) groups is 1. The number of amides is 1. The number of benzene rings is 2. The summed E-state index contributed by atoms with van der Waals surface area (Å²) in [5, 5.41) is 6.87. The van der Waals surface area contributed by atoms with E-state index in [1.54, 1.807) is 37.4 Å². The molecule has 224 valence electrons. The van der Waals surface area contributed by atoms with Gasteiger partial charge < -0.3 is 39.7 Å². The van der Waals surface area contributed by atoms with Crippen molar-refractivity contribution < 1.29 is 47.4 Å². The van der Waals surface area contributed by atoms with E-state index in [0.717, 1.165) is 6.07 Å². The molecule has 0 radical (unpaired) electrons. The lowest BCUT2D eigenvalue weighted by molar-refractivity contribution is -0.130. The van der Waals surface area contributed by atoms with Crippen molar-refractivity contribution in [3.05, 3.63) is 65.3 Å². The summed E-state index contributed by atoms with van der Waals surface area (Å²) < 4.78 is 48.8. The molecule has 42 heavy (non-hydrogen) atoms. The van der Waals surface area contributed by atoms with Crippen molar-refractivity contribution in [2.75, 3.05) is 17.7 Å². The van der Waals surface area contributed by atoms with Crippen LogP contribution in [0.25, 0.3) is 21.6 Å². The van der Waals surface area contributed by atoms with E-state index < -0.39 is 38.5 Å². The Bertz CT molecular complexity index is 1690. The van der Waals surface area contributed by atoms with Crippen LogP contribution in [0.2, 0.25) is 0 Å². The highest BCUT2D eigenvalue weighted by Gasteiger charge is 2.44. The van der Waals surface area contributed by atoms with Gasteiger partial charge in [-0.05, 0) is 55.1 Å². The van der Waals surface area contributed by atoms with Crippen LogP contribution in [0.1, 0.15) is 25.5 Å². The number of rotatable bonds is 11. The van der Waals surface area contributed by atoms with Gasteiger partial charge in [-0.15, -0.1) is 11.3 Å². The standard InChI is InChI=1S/C25H27FN4O9P2S/c1-13(2)39-20(14-7-8-19(38-3)18(26)12-14)23(31)27-16-6-4-5-15(11-16)21-28-22(17-9-10-42-24(17)29-21)30-25(40(32,33)34)41(35,36)37/h4-13,20,25H,1-3H3,(H,27,31)(H,28,29,30)(H2,32,33,34)(H2,35,36,37)/t20-/m0/s1. The predicted octanol–water partition coefficient (Wildman–Crippen LogP) is 4.66. The van der Waals surface area contributed by atoms with Crippen molar-refractivity contribution in [3.8, 4) is 17.1 Å². The lowest BCUT2D eigenvalue weighted by Gasteiger charge is -2.22. The first kappa shape index (κ1) is 31.7. The number of nitrogens with zero attached hydrogens (tertiary/aromatic N) is 2. The maximum Gasteiger partial charge on any atom is 0.360 e. The van der Waals surface area contributed by atoms with Gasteiger partial charge in [0.05, 0.1) is 18.6 Å². The Balaban J connectivity index is 1.67. The first-order valence-corrected chi connectivity index (χ1v) is 16.4. The van der Waals surface area contributed by atoms with E-state index in [1.807, 2.05) is 0 Å². The summed E-state index contributed by atoms with van der Waals surface area (Å²) >= 11 is 1.17. The molecule has 4 rings (SSSR count). The highest BCUT2D eigenvalue weighted by Crippen LogP contribution is 2.59. The molecule has 0 aliphatic rings. The summed E-state index contributed by atoms with van der Waals surface area (Å²) in [5.41, 5.74) is -1.59. The molecule has 0 saturated carbocycles. The molecular formula is C25H27FN4O9P2S. The third-order valence-corrected chi connectivity index (χ3v) is 9.89. The third-order valence-electron chi connectivity index (χ3n) is 5.74. The van der Waals surface area contributed by atoms with E-state index in [9.17, 15) is 37.9 Å². The highest BCUT2D eigenvalue weighted by atomic mass is 32.1. The smallest absolute Gasteiger partial charge is 0.360 e. The van der Waals surface area contributed by atoms with Crippen LogP contribution in [0.3, 0.4) is 0 Å². The number of fused-ring (bicyclic) bond motifs is 1. The lowest BCUT2D eigenvalue weighted by atomic mass is 10.1. The van der Waals surface area contributed by atoms with E-state index >= 15 is 0 Å². The molecule has 17 heteroatoms. The van der Waals surface area contributed by atoms with Crippen molar-refractivity contribution in [1.29, 1.82) is 0 Å². The largest absolute Gasteiger partial charge is 0.494 e. The summed E-state index contributed by atoms with van der Waals surface area (Å²) in [6.45, 7) is 3.46. The maximum atomic E-state index is 14.4. The molecule has 0 spiro atoms. The van der Waals surface area contributed by atoms with Crippen molar-refractivity contribution in [1.82, 2.24) is 9.97 Å². The van der Waals surface area contributed by atoms with Crippen LogP contribution in [-0.4, -0.2) is 54.2 Å². The Morgan fingerprint density at radius 2 is 1.74 bits per heavy atom. The minimum Gasteiger partial charge on any atom is -0.494 e. The van der Waals surface area contributed by atoms with Crippen LogP contribution < -0.4 is 15.4 Å². The number of anilines is 2. The lowest BCUT2D eigenvalue weighted by Crippen LogP contribution is -2.26. The first-order valence-electron chi connectivity index (χ1n) is 12.2. The van der Waals surface area contributed by atoms with E-state index in [2.05, 4.69) is 20.6 Å². The Labute approximate surface area is 243 Å². The number of halogens is 1. The second-order valence-corrected chi connectivity index (χ2v) is 14.0. The molecule has 0 fully saturated rings. The fourth-order valence-corrected chi connectivity index (χ4v) is 6.85. The quantitative estimate of drug-likeness (QED) is 0.124. The molecule has 2 aromatic carbocycles. The summed E-state index contributed by atoms with van der Waals surface area (Å²) in [6, 6.07) is 11.9. The number of hydrogen-bond acceptors (Lipinski definition) is 9. The zero-order valence-electron chi connectivity index (χ0n) is 22.3. The van der Waals surface area contributed by atoms with Gasteiger partial charge in [0.25, 0.3) is 5.91 Å². The Hall–Kier alpha value is -3.26. The van der Waals surface area contributed by atoms with Crippen LogP contribution in [-0.2, 0) is 18.7 Å². The van der Waals surface area contributed by atoms with Gasteiger partial charge in [-0.3, -0.25) is 13.9 Å². The number of thiophene rings is 1. The topological polar surface area (TPSA) is 200 Å². The number of methoxy groups -OCH3 is 1. The Morgan fingerprint density at radius 3 is 2.36 bits per heavy atom. The molecule has 13 nitrogen and oxygen atoms in total. The minimum absolute atomic E-state index is 0.0135. The van der Waals surface area contributed by atoms with Gasteiger partial charge in [-0.1, -0.05) is 18.2 Å². The van der Waals surface area contributed by atoms with Crippen molar-refractivity contribution in [2.24, 2.45) is 0 Å². The van der Waals surface area contributed by atoms with Crippen molar-refractivity contribution in [2.45, 2.75) is 31.6 Å². The van der Waals surface area contributed by atoms with Crippen LogP contribution in [0.15, 0.2) is 53.9 Å². The zero-order chi connectivity index (χ0) is 30.8. The number of carbonyl (C=O) groups excluding carboxylic acids is 1.